The van der Waals surface area contributed by atoms with Crippen molar-refractivity contribution in [3.05, 3.63) is 35.0 Å². The molecule has 2 aromatic rings. The Hall–Kier alpha value is -1.28. The molecule has 2 heteroatoms. The van der Waals surface area contributed by atoms with Crippen molar-refractivity contribution < 1.29 is 0 Å². The molecule has 1 aromatic heterocycles. The van der Waals surface area contributed by atoms with Crippen LogP contribution in [0.4, 0.5) is 0 Å². The number of hydrogen-bond donors (Lipinski definition) is 1. The van der Waals surface area contributed by atoms with Gasteiger partial charge in [0.1, 0.15) is 0 Å². The molecule has 0 spiro atoms. The normalized spacial score (nSPS) is 12.3. The molecular weight excluding hydrogens is 232 g/mol. The summed E-state index contributed by atoms with van der Waals surface area (Å²) in [6, 6.07) is 4.58. The van der Waals surface area contributed by atoms with Crippen LogP contribution in [0.1, 0.15) is 37.5 Å². The molecule has 0 aliphatic carbocycles. The van der Waals surface area contributed by atoms with E-state index in [1.807, 2.05) is 0 Å². The van der Waals surface area contributed by atoms with Crippen molar-refractivity contribution in [2.75, 3.05) is 6.54 Å². The van der Waals surface area contributed by atoms with Gasteiger partial charge in [0.05, 0.1) is 5.52 Å². The summed E-state index contributed by atoms with van der Waals surface area (Å²) in [5.74, 6) is 0. The van der Waals surface area contributed by atoms with E-state index in [0.29, 0.717) is 0 Å². The van der Waals surface area contributed by atoms with Crippen LogP contribution in [0.5, 0.6) is 0 Å². The van der Waals surface area contributed by atoms with E-state index in [4.69, 9.17) is 0 Å². The largest absolute Gasteiger partial charge is 0.350 e. The Morgan fingerprint density at radius 1 is 1.16 bits per heavy atom. The highest BCUT2D eigenvalue weighted by atomic mass is 14.9. The predicted molar refractivity (Wildman–Crippen MR) is 83.9 cm³/mol. The molecule has 1 N–H and O–H groups in total. The molecule has 0 atom stereocenters. The van der Waals surface area contributed by atoms with Gasteiger partial charge in [0.15, 0.2) is 0 Å². The minimum absolute atomic E-state index is 0.191. The third-order valence-electron chi connectivity index (χ3n) is 3.54. The first kappa shape index (κ1) is 14.1. The van der Waals surface area contributed by atoms with E-state index in [1.165, 1.54) is 27.6 Å². The summed E-state index contributed by atoms with van der Waals surface area (Å²) in [6.07, 6.45) is 3.36. The van der Waals surface area contributed by atoms with E-state index in [1.54, 1.807) is 0 Å². The Morgan fingerprint density at radius 2 is 1.84 bits per heavy atom. The Kier molecular flexibility index (Phi) is 3.73. The van der Waals surface area contributed by atoms with E-state index in [0.717, 1.165) is 13.0 Å². The van der Waals surface area contributed by atoms with E-state index in [2.05, 4.69) is 69.9 Å². The van der Waals surface area contributed by atoms with E-state index in [-0.39, 0.29) is 5.54 Å². The number of nitrogens with one attached hydrogen (secondary N) is 1. The molecule has 2 nitrogen and oxygen atoms in total. The van der Waals surface area contributed by atoms with Crippen molar-refractivity contribution in [3.8, 4) is 0 Å². The summed E-state index contributed by atoms with van der Waals surface area (Å²) >= 11 is 0. The van der Waals surface area contributed by atoms with Crippen molar-refractivity contribution in [1.82, 2.24) is 9.88 Å². The van der Waals surface area contributed by atoms with E-state index in [9.17, 15) is 0 Å². The molecule has 0 saturated heterocycles. The van der Waals surface area contributed by atoms with Crippen LogP contribution < -0.4 is 5.32 Å². The van der Waals surface area contributed by atoms with Crippen molar-refractivity contribution in [1.29, 1.82) is 0 Å². The van der Waals surface area contributed by atoms with Gasteiger partial charge in [-0.3, -0.25) is 0 Å². The van der Waals surface area contributed by atoms with Crippen molar-refractivity contribution >= 4 is 10.9 Å². The molecule has 0 amide bonds. The molecule has 0 unspecified atom stereocenters. The minimum Gasteiger partial charge on any atom is -0.350 e. The summed E-state index contributed by atoms with van der Waals surface area (Å²) in [6.45, 7) is 12.0. The van der Waals surface area contributed by atoms with Gasteiger partial charge in [-0.25, -0.2) is 0 Å². The molecule has 104 valence electrons. The number of fused-ring (bicyclic) bond motifs is 1. The fourth-order valence-electron chi connectivity index (χ4n) is 2.81. The smallest absolute Gasteiger partial charge is 0.0510 e. The Bertz CT molecular complexity index is 585. The van der Waals surface area contributed by atoms with Crippen LogP contribution in [0, 0.1) is 13.8 Å². The highest BCUT2D eigenvalue weighted by molar-refractivity contribution is 5.87. The van der Waals surface area contributed by atoms with Crippen molar-refractivity contribution in [2.24, 2.45) is 7.05 Å². The van der Waals surface area contributed by atoms with Crippen LogP contribution in [0.3, 0.4) is 0 Å². The summed E-state index contributed by atoms with van der Waals surface area (Å²) in [7, 11) is 2.14. The highest BCUT2D eigenvalue weighted by Crippen LogP contribution is 2.25. The summed E-state index contributed by atoms with van der Waals surface area (Å²) in [4.78, 5) is 0. The zero-order valence-electron chi connectivity index (χ0n) is 13.1. The van der Waals surface area contributed by atoms with Gasteiger partial charge < -0.3 is 9.88 Å². The van der Waals surface area contributed by atoms with Crippen LogP contribution in [-0.2, 0) is 13.5 Å². The van der Waals surface area contributed by atoms with Gasteiger partial charge in [-0.1, -0.05) is 11.6 Å². The lowest BCUT2D eigenvalue weighted by Gasteiger charge is -2.20. The average Bonchev–Trinajstić information content (AvgIpc) is 2.53. The number of hydrogen-bond acceptors (Lipinski definition) is 1. The Morgan fingerprint density at radius 3 is 2.47 bits per heavy atom. The lowest BCUT2D eigenvalue weighted by atomic mass is 10.0. The van der Waals surface area contributed by atoms with Crippen molar-refractivity contribution in [3.63, 3.8) is 0 Å². The maximum Gasteiger partial charge on any atom is 0.0510 e. The highest BCUT2D eigenvalue weighted by Gasteiger charge is 2.11. The fourth-order valence-corrected chi connectivity index (χ4v) is 2.81. The molecule has 0 aliphatic heterocycles. The van der Waals surface area contributed by atoms with Gasteiger partial charge in [0.2, 0.25) is 0 Å². The summed E-state index contributed by atoms with van der Waals surface area (Å²) < 4.78 is 2.26. The third-order valence-corrected chi connectivity index (χ3v) is 3.54. The van der Waals surface area contributed by atoms with E-state index >= 15 is 0 Å². The maximum atomic E-state index is 3.56. The van der Waals surface area contributed by atoms with Gasteiger partial charge >= 0.3 is 0 Å². The van der Waals surface area contributed by atoms with Crippen LogP contribution in [-0.4, -0.2) is 16.7 Å². The fraction of sp³-hybridized carbons (Fsp3) is 0.529. The van der Waals surface area contributed by atoms with Gasteiger partial charge in [0.25, 0.3) is 0 Å². The van der Waals surface area contributed by atoms with Crippen LogP contribution in [0.15, 0.2) is 18.3 Å². The standard InChI is InChI=1S/C17H26N2/c1-12-9-13(2)16-15(10-12)14(11-19(16)6)7-8-18-17(3,4)5/h9-11,18H,7-8H2,1-6H3. The first-order chi connectivity index (χ1) is 8.78. The topological polar surface area (TPSA) is 17.0 Å². The predicted octanol–water partition coefficient (Wildman–Crippen LogP) is 3.73. The molecule has 0 fully saturated rings. The zero-order chi connectivity index (χ0) is 14.2. The number of aryl methyl sites for hydroxylation is 3. The summed E-state index contributed by atoms with van der Waals surface area (Å²) in [5, 5.41) is 4.98. The first-order valence-corrected chi connectivity index (χ1v) is 7.08. The second-order valence-electron chi connectivity index (χ2n) is 6.67. The molecular formula is C17H26N2. The molecule has 0 radical (unpaired) electrons. The van der Waals surface area contributed by atoms with Crippen LogP contribution in [0.2, 0.25) is 0 Å². The number of aromatic nitrogens is 1. The molecule has 0 saturated carbocycles. The van der Waals surface area contributed by atoms with Crippen molar-refractivity contribution in [2.45, 2.75) is 46.6 Å². The minimum atomic E-state index is 0.191. The summed E-state index contributed by atoms with van der Waals surface area (Å²) in [5.41, 5.74) is 5.72. The molecule has 1 heterocycles. The van der Waals surface area contributed by atoms with E-state index < -0.39 is 0 Å². The molecule has 1 aromatic carbocycles. The first-order valence-electron chi connectivity index (χ1n) is 7.08. The third kappa shape index (κ3) is 3.19. The number of benzene rings is 1. The maximum absolute atomic E-state index is 3.56. The Balaban J connectivity index is 2.29. The van der Waals surface area contributed by atoms with Gasteiger partial charge in [-0.2, -0.15) is 0 Å². The lowest BCUT2D eigenvalue weighted by molar-refractivity contribution is 0.430. The average molecular weight is 258 g/mol. The van der Waals surface area contributed by atoms with Gasteiger partial charge in [-0.05, 0) is 64.8 Å². The molecule has 19 heavy (non-hydrogen) atoms. The second-order valence-corrected chi connectivity index (χ2v) is 6.67. The van der Waals surface area contributed by atoms with Gasteiger partial charge in [-0.15, -0.1) is 0 Å². The second kappa shape index (κ2) is 5.01. The number of nitrogens with zero attached hydrogens (tertiary/aromatic N) is 1. The lowest BCUT2D eigenvalue weighted by Crippen LogP contribution is -2.37. The quantitative estimate of drug-likeness (QED) is 0.887. The molecule has 0 aliphatic rings. The monoisotopic (exact) mass is 258 g/mol. The molecule has 2 rings (SSSR count). The van der Waals surface area contributed by atoms with Crippen LogP contribution >= 0.6 is 0 Å². The Labute approximate surface area is 116 Å². The SMILES string of the molecule is Cc1cc(C)c2c(c1)c(CCNC(C)(C)C)cn2C. The zero-order valence-corrected chi connectivity index (χ0v) is 13.1. The van der Waals surface area contributed by atoms with Crippen LogP contribution in [0.25, 0.3) is 10.9 Å². The van der Waals surface area contributed by atoms with Gasteiger partial charge in [0, 0.05) is 24.2 Å². The number of rotatable bonds is 3. The molecule has 0 bridgehead atoms.